The van der Waals surface area contributed by atoms with Crippen LogP contribution in [0.4, 0.5) is 5.69 Å². The van der Waals surface area contributed by atoms with Gasteiger partial charge in [-0.15, -0.1) is 0 Å². The molecule has 0 bridgehead atoms. The summed E-state index contributed by atoms with van der Waals surface area (Å²) in [4.78, 5) is 40.2. The van der Waals surface area contributed by atoms with E-state index in [0.29, 0.717) is 29.9 Å². The summed E-state index contributed by atoms with van der Waals surface area (Å²) in [5.74, 6) is -2.04. The van der Waals surface area contributed by atoms with Crippen LogP contribution >= 0.6 is 0 Å². The lowest BCUT2D eigenvalue weighted by atomic mass is 9.80. The first kappa shape index (κ1) is 27.1. The van der Waals surface area contributed by atoms with Gasteiger partial charge in [-0.2, -0.15) is 0 Å². The third-order valence-electron chi connectivity index (χ3n) is 6.99. The van der Waals surface area contributed by atoms with E-state index in [-0.39, 0.29) is 23.4 Å². The van der Waals surface area contributed by atoms with E-state index in [2.05, 4.69) is 22.3 Å². The van der Waals surface area contributed by atoms with Crippen LogP contribution in [-0.4, -0.2) is 47.1 Å². The number of ether oxygens (including phenoxy) is 2. The minimum absolute atomic E-state index is 0.133. The summed E-state index contributed by atoms with van der Waals surface area (Å²) in [6, 6.07) is 16.1. The lowest BCUT2D eigenvalue weighted by Gasteiger charge is -2.33. The van der Waals surface area contributed by atoms with Crippen LogP contribution in [0.25, 0.3) is 0 Å². The summed E-state index contributed by atoms with van der Waals surface area (Å²) in [6.45, 7) is 9.32. The minimum atomic E-state index is -0.881. The van der Waals surface area contributed by atoms with Crippen molar-refractivity contribution in [3.8, 4) is 0 Å². The van der Waals surface area contributed by atoms with Gasteiger partial charge in [-0.1, -0.05) is 42.5 Å². The van der Waals surface area contributed by atoms with Crippen LogP contribution in [0.2, 0.25) is 0 Å². The van der Waals surface area contributed by atoms with Gasteiger partial charge in [0.2, 0.25) is 0 Å². The number of non-ortho nitro benzene ring substituents is 1. The molecule has 0 radical (unpaired) electrons. The Balaban J connectivity index is 1.64. The molecule has 1 saturated heterocycles. The number of benzene rings is 2. The van der Waals surface area contributed by atoms with Crippen molar-refractivity contribution >= 4 is 17.6 Å². The summed E-state index contributed by atoms with van der Waals surface area (Å²) < 4.78 is 11.5. The summed E-state index contributed by atoms with van der Waals surface area (Å²) in [5.41, 5.74) is 2.28. The number of nitro benzene ring substituents is 1. The van der Waals surface area contributed by atoms with Crippen LogP contribution in [0, 0.1) is 10.1 Å². The van der Waals surface area contributed by atoms with E-state index in [4.69, 9.17) is 9.47 Å². The zero-order valence-electron chi connectivity index (χ0n) is 22.2. The molecule has 200 valence electrons. The molecule has 2 aliphatic heterocycles. The predicted octanol–water partition coefficient (Wildman–Crippen LogP) is 4.60. The van der Waals surface area contributed by atoms with Gasteiger partial charge < -0.3 is 14.8 Å². The predicted molar refractivity (Wildman–Crippen MR) is 142 cm³/mol. The van der Waals surface area contributed by atoms with E-state index in [1.54, 1.807) is 32.9 Å². The van der Waals surface area contributed by atoms with Crippen LogP contribution < -0.4 is 5.32 Å². The van der Waals surface area contributed by atoms with Crippen LogP contribution in [0.5, 0.6) is 0 Å². The number of nitro groups is 1. The van der Waals surface area contributed by atoms with Crippen molar-refractivity contribution in [1.29, 1.82) is 0 Å². The fourth-order valence-corrected chi connectivity index (χ4v) is 5.26. The Morgan fingerprint density at radius 1 is 1.08 bits per heavy atom. The summed E-state index contributed by atoms with van der Waals surface area (Å²) in [6.07, 6.45) is 0.659. The average Bonchev–Trinajstić information content (AvgIpc) is 3.23. The number of hydrogen-bond acceptors (Lipinski definition) is 8. The van der Waals surface area contributed by atoms with Crippen molar-refractivity contribution < 1.29 is 24.0 Å². The van der Waals surface area contributed by atoms with Crippen molar-refractivity contribution in [3.05, 3.63) is 98.4 Å². The normalized spacial score (nSPS) is 21.7. The molecule has 2 atom stereocenters. The number of hydrogen-bond donors (Lipinski definition) is 1. The monoisotopic (exact) mass is 519 g/mol. The number of nitrogens with one attached hydrogen (secondary N) is 1. The highest BCUT2D eigenvalue weighted by Gasteiger charge is 2.43. The Kier molecular flexibility index (Phi) is 7.97. The largest absolute Gasteiger partial charge is 0.463 e. The molecule has 2 aromatic rings. The molecule has 0 spiro atoms. The molecule has 0 saturated carbocycles. The molecule has 0 aromatic heterocycles. The molecule has 9 nitrogen and oxygen atoms in total. The SMILES string of the molecule is CCOC(=O)C1=C(C)NC(C)=C(C(=O)OC2(C)CCN(Cc3ccccc3)C2)C1c1cccc([N+](=O)[O-])c1. The fourth-order valence-electron chi connectivity index (χ4n) is 5.26. The van der Waals surface area contributed by atoms with Crippen LogP contribution in [0.15, 0.2) is 77.1 Å². The number of esters is 2. The molecule has 9 heteroatoms. The van der Waals surface area contributed by atoms with Gasteiger partial charge >= 0.3 is 11.9 Å². The van der Waals surface area contributed by atoms with Gasteiger partial charge in [-0.3, -0.25) is 15.0 Å². The molecule has 38 heavy (non-hydrogen) atoms. The van der Waals surface area contributed by atoms with E-state index in [9.17, 15) is 19.7 Å². The van der Waals surface area contributed by atoms with Gasteiger partial charge in [0, 0.05) is 49.6 Å². The van der Waals surface area contributed by atoms with E-state index < -0.39 is 28.4 Å². The molecule has 4 rings (SSSR count). The number of rotatable bonds is 8. The highest BCUT2D eigenvalue weighted by molar-refractivity contribution is 6.00. The minimum Gasteiger partial charge on any atom is -0.463 e. The Bertz CT molecular complexity index is 1300. The van der Waals surface area contributed by atoms with Crippen molar-refractivity contribution in [1.82, 2.24) is 10.2 Å². The molecule has 2 unspecified atom stereocenters. The highest BCUT2D eigenvalue weighted by atomic mass is 16.6. The van der Waals surface area contributed by atoms with Gasteiger partial charge in [0.25, 0.3) is 5.69 Å². The lowest BCUT2D eigenvalue weighted by molar-refractivity contribution is -0.384. The Labute approximate surface area is 222 Å². The maximum atomic E-state index is 13.8. The van der Waals surface area contributed by atoms with Crippen LogP contribution in [-0.2, 0) is 25.6 Å². The van der Waals surface area contributed by atoms with E-state index >= 15 is 0 Å². The molecular formula is C29H33N3O6. The van der Waals surface area contributed by atoms with Crippen molar-refractivity contribution in [2.24, 2.45) is 0 Å². The first-order valence-electron chi connectivity index (χ1n) is 12.7. The molecule has 1 fully saturated rings. The molecule has 2 aromatic carbocycles. The highest BCUT2D eigenvalue weighted by Crippen LogP contribution is 2.41. The van der Waals surface area contributed by atoms with Gasteiger partial charge in [0.1, 0.15) is 5.60 Å². The molecule has 0 aliphatic carbocycles. The van der Waals surface area contributed by atoms with Crippen molar-refractivity contribution in [3.63, 3.8) is 0 Å². The Morgan fingerprint density at radius 2 is 1.76 bits per heavy atom. The summed E-state index contributed by atoms with van der Waals surface area (Å²) in [5, 5.41) is 14.6. The van der Waals surface area contributed by atoms with E-state index in [1.165, 1.54) is 17.7 Å². The van der Waals surface area contributed by atoms with Gasteiger partial charge in [0.05, 0.1) is 28.6 Å². The summed E-state index contributed by atoms with van der Waals surface area (Å²) in [7, 11) is 0. The third kappa shape index (κ3) is 5.78. The number of likely N-dealkylation sites (tertiary alicyclic amines) is 1. The molecule has 2 aliphatic rings. The average molecular weight is 520 g/mol. The van der Waals surface area contributed by atoms with Gasteiger partial charge in [0.15, 0.2) is 0 Å². The van der Waals surface area contributed by atoms with Gasteiger partial charge in [-0.25, -0.2) is 9.59 Å². The van der Waals surface area contributed by atoms with Crippen molar-refractivity contribution in [2.45, 2.75) is 52.2 Å². The number of dihydropyridines is 1. The molecule has 0 amide bonds. The van der Waals surface area contributed by atoms with Gasteiger partial charge in [-0.05, 0) is 38.8 Å². The zero-order valence-corrected chi connectivity index (χ0v) is 22.2. The summed E-state index contributed by atoms with van der Waals surface area (Å²) >= 11 is 0. The second-order valence-electron chi connectivity index (χ2n) is 9.99. The standard InChI is InChI=1S/C29H33N3O6/c1-5-37-27(33)24-19(2)30-20(3)25(26(24)22-12-9-13-23(16-22)32(35)36)28(34)38-29(4)14-15-31(18-29)17-21-10-7-6-8-11-21/h6-13,16,26,30H,5,14-15,17-18H2,1-4H3. The lowest BCUT2D eigenvalue weighted by Crippen LogP contribution is -2.39. The first-order chi connectivity index (χ1) is 18.1. The molecule has 2 heterocycles. The van der Waals surface area contributed by atoms with Crippen LogP contribution in [0.1, 0.15) is 51.2 Å². The van der Waals surface area contributed by atoms with E-state index in [0.717, 1.165) is 13.1 Å². The molecule has 1 N–H and O–H groups in total. The fraction of sp³-hybridized carbons (Fsp3) is 0.379. The van der Waals surface area contributed by atoms with Crippen LogP contribution in [0.3, 0.4) is 0 Å². The smallest absolute Gasteiger partial charge is 0.337 e. The Hall–Kier alpha value is -3.98. The number of allylic oxidation sites excluding steroid dienone is 2. The zero-order chi connectivity index (χ0) is 27.4. The third-order valence-corrected chi connectivity index (χ3v) is 6.99. The second-order valence-corrected chi connectivity index (χ2v) is 9.99. The second kappa shape index (κ2) is 11.2. The number of nitrogens with zero attached hydrogens (tertiary/aromatic N) is 2. The van der Waals surface area contributed by atoms with Crippen molar-refractivity contribution in [2.75, 3.05) is 19.7 Å². The maximum absolute atomic E-state index is 13.8. The maximum Gasteiger partial charge on any atom is 0.337 e. The number of carbonyl (C=O) groups excluding carboxylic acids is 2. The molecular weight excluding hydrogens is 486 g/mol. The quantitative estimate of drug-likeness (QED) is 0.306. The topological polar surface area (TPSA) is 111 Å². The first-order valence-corrected chi connectivity index (χ1v) is 12.7. The number of carbonyl (C=O) groups is 2. The Morgan fingerprint density at radius 3 is 2.42 bits per heavy atom. The van der Waals surface area contributed by atoms with E-state index in [1.807, 2.05) is 25.1 Å².